The molecule has 0 bridgehead atoms. The van der Waals surface area contributed by atoms with E-state index in [2.05, 4.69) is 0 Å². The molecule has 0 saturated heterocycles. The normalized spacial score (nSPS) is 12.1. The third-order valence-corrected chi connectivity index (χ3v) is 4.26. The molecule has 104 valence electrons. The van der Waals surface area contributed by atoms with Crippen molar-refractivity contribution in [2.45, 2.75) is 17.6 Å². The lowest BCUT2D eigenvalue weighted by Crippen LogP contribution is -2.03. The van der Waals surface area contributed by atoms with Crippen molar-refractivity contribution in [3.05, 3.63) is 65.0 Å². The fourth-order valence-corrected chi connectivity index (χ4v) is 2.95. The van der Waals surface area contributed by atoms with Gasteiger partial charge in [0.2, 0.25) is 0 Å². The maximum atomic E-state index is 13.1. The quantitative estimate of drug-likeness (QED) is 0.942. The molecule has 0 radical (unpaired) electrons. The zero-order valence-corrected chi connectivity index (χ0v) is 11.6. The molecule has 1 atom stereocenters. The first kappa shape index (κ1) is 14.4. The van der Waals surface area contributed by atoms with Crippen molar-refractivity contribution >= 4 is 16.8 Å². The van der Waals surface area contributed by atoms with Crippen LogP contribution in [0.25, 0.3) is 0 Å². The molecule has 0 aliphatic carbocycles. The number of carboxylic acid groups (broad SMARTS) is 1. The highest BCUT2D eigenvalue weighted by Crippen LogP contribution is 2.17. The van der Waals surface area contributed by atoms with E-state index in [-0.39, 0.29) is 17.1 Å². The minimum absolute atomic E-state index is 0.134. The summed E-state index contributed by atoms with van der Waals surface area (Å²) in [6, 6.07) is 10.6. The van der Waals surface area contributed by atoms with Crippen LogP contribution >= 0.6 is 0 Å². The van der Waals surface area contributed by atoms with Crippen molar-refractivity contribution in [2.24, 2.45) is 0 Å². The highest BCUT2D eigenvalue weighted by atomic mass is 32.2. The molecule has 1 N–H and O–H groups in total. The number of aryl methyl sites for hydroxylation is 1. The summed E-state index contributed by atoms with van der Waals surface area (Å²) >= 11 is 0. The van der Waals surface area contributed by atoms with Crippen LogP contribution in [0.15, 0.2) is 47.4 Å². The van der Waals surface area contributed by atoms with E-state index in [0.717, 1.165) is 0 Å². The highest BCUT2D eigenvalue weighted by Gasteiger charge is 2.12. The molecule has 3 nitrogen and oxygen atoms in total. The van der Waals surface area contributed by atoms with Crippen LogP contribution in [-0.4, -0.2) is 15.3 Å². The topological polar surface area (TPSA) is 54.4 Å². The molecule has 0 fully saturated rings. The molecule has 0 amide bonds. The molecule has 0 aliphatic heterocycles. The van der Waals surface area contributed by atoms with E-state index in [1.165, 1.54) is 18.2 Å². The number of carboxylic acids is 1. The SMILES string of the molecule is Cc1ccc(S(=O)Cc2cccc(F)c2)cc1C(=O)O. The van der Waals surface area contributed by atoms with Crippen LogP contribution in [0, 0.1) is 12.7 Å². The molecule has 1 unspecified atom stereocenters. The van der Waals surface area contributed by atoms with Gasteiger partial charge in [0, 0.05) is 4.90 Å². The summed E-state index contributed by atoms with van der Waals surface area (Å²) in [5.41, 5.74) is 1.36. The molecule has 0 spiro atoms. The maximum absolute atomic E-state index is 13.1. The minimum atomic E-state index is -1.41. The van der Waals surface area contributed by atoms with E-state index in [9.17, 15) is 13.4 Å². The van der Waals surface area contributed by atoms with Gasteiger partial charge in [-0.1, -0.05) is 18.2 Å². The van der Waals surface area contributed by atoms with E-state index >= 15 is 0 Å². The van der Waals surface area contributed by atoms with E-state index in [4.69, 9.17) is 5.11 Å². The number of benzene rings is 2. The monoisotopic (exact) mass is 292 g/mol. The van der Waals surface area contributed by atoms with Crippen LogP contribution in [0.2, 0.25) is 0 Å². The molecular formula is C15H13FO3S. The predicted octanol–water partition coefficient (Wildman–Crippen LogP) is 3.14. The van der Waals surface area contributed by atoms with Crippen LogP contribution in [0.1, 0.15) is 21.5 Å². The lowest BCUT2D eigenvalue weighted by atomic mass is 10.1. The number of carbonyl (C=O) groups is 1. The minimum Gasteiger partial charge on any atom is -0.478 e. The molecule has 2 aromatic carbocycles. The lowest BCUT2D eigenvalue weighted by molar-refractivity contribution is 0.0696. The van der Waals surface area contributed by atoms with Crippen molar-refractivity contribution < 1.29 is 18.5 Å². The molecular weight excluding hydrogens is 279 g/mol. The van der Waals surface area contributed by atoms with Gasteiger partial charge in [-0.2, -0.15) is 0 Å². The fraction of sp³-hybridized carbons (Fsp3) is 0.133. The summed E-state index contributed by atoms with van der Waals surface area (Å²) in [7, 11) is -1.41. The number of halogens is 1. The van der Waals surface area contributed by atoms with Gasteiger partial charge in [-0.25, -0.2) is 9.18 Å². The molecule has 5 heteroatoms. The standard InChI is InChI=1S/C15H13FO3S/c1-10-5-6-13(8-14(10)15(17)18)20(19)9-11-3-2-4-12(16)7-11/h2-8H,9H2,1H3,(H,17,18). The van der Waals surface area contributed by atoms with Gasteiger partial charge in [-0.05, 0) is 42.3 Å². The second-order valence-electron chi connectivity index (χ2n) is 4.40. The van der Waals surface area contributed by atoms with E-state index in [1.54, 1.807) is 31.2 Å². The Hall–Kier alpha value is -2.01. The second kappa shape index (κ2) is 5.96. The van der Waals surface area contributed by atoms with Crippen molar-refractivity contribution in [1.29, 1.82) is 0 Å². The van der Waals surface area contributed by atoms with Crippen LogP contribution in [0.4, 0.5) is 4.39 Å². The smallest absolute Gasteiger partial charge is 0.335 e. The summed E-state index contributed by atoms with van der Waals surface area (Å²) < 4.78 is 25.3. The lowest BCUT2D eigenvalue weighted by Gasteiger charge is -2.06. The Labute approximate surface area is 118 Å². The molecule has 2 rings (SSSR count). The molecule has 0 aromatic heterocycles. The van der Waals surface area contributed by atoms with Crippen molar-refractivity contribution in [1.82, 2.24) is 0 Å². The third kappa shape index (κ3) is 3.30. The number of rotatable bonds is 4. The van der Waals surface area contributed by atoms with Gasteiger partial charge in [-0.3, -0.25) is 4.21 Å². The zero-order chi connectivity index (χ0) is 14.7. The van der Waals surface area contributed by atoms with Crippen molar-refractivity contribution in [2.75, 3.05) is 0 Å². The van der Waals surface area contributed by atoms with Gasteiger partial charge in [0.15, 0.2) is 0 Å². The molecule has 2 aromatic rings. The van der Waals surface area contributed by atoms with Gasteiger partial charge in [0.05, 0.1) is 22.1 Å². The Morgan fingerprint density at radius 3 is 2.65 bits per heavy atom. The third-order valence-electron chi connectivity index (χ3n) is 2.89. The van der Waals surface area contributed by atoms with Crippen LogP contribution < -0.4 is 0 Å². The zero-order valence-electron chi connectivity index (χ0n) is 10.8. The van der Waals surface area contributed by atoms with Gasteiger partial charge in [0.1, 0.15) is 5.82 Å². The van der Waals surface area contributed by atoms with E-state index < -0.39 is 16.8 Å². The summed E-state index contributed by atoms with van der Waals surface area (Å²) in [5, 5.41) is 9.05. The summed E-state index contributed by atoms with van der Waals surface area (Å²) in [4.78, 5) is 11.5. The average molecular weight is 292 g/mol. The van der Waals surface area contributed by atoms with E-state index in [0.29, 0.717) is 16.0 Å². The summed E-state index contributed by atoms with van der Waals surface area (Å²) in [6.07, 6.45) is 0. The highest BCUT2D eigenvalue weighted by molar-refractivity contribution is 7.84. The average Bonchev–Trinajstić information content (AvgIpc) is 2.38. The van der Waals surface area contributed by atoms with Crippen LogP contribution in [-0.2, 0) is 16.6 Å². The number of aromatic carboxylic acids is 1. The Balaban J connectivity index is 2.26. The van der Waals surface area contributed by atoms with Gasteiger partial charge < -0.3 is 5.11 Å². The Kier molecular flexibility index (Phi) is 4.29. The fourth-order valence-electron chi connectivity index (χ4n) is 1.83. The first-order chi connectivity index (χ1) is 9.47. The van der Waals surface area contributed by atoms with Crippen molar-refractivity contribution in [3.63, 3.8) is 0 Å². The Morgan fingerprint density at radius 2 is 2.00 bits per heavy atom. The van der Waals surface area contributed by atoms with Crippen LogP contribution in [0.3, 0.4) is 0 Å². The van der Waals surface area contributed by atoms with Gasteiger partial charge >= 0.3 is 5.97 Å². The molecule has 20 heavy (non-hydrogen) atoms. The van der Waals surface area contributed by atoms with Gasteiger partial charge in [-0.15, -0.1) is 0 Å². The Morgan fingerprint density at radius 1 is 1.25 bits per heavy atom. The molecule has 0 heterocycles. The maximum Gasteiger partial charge on any atom is 0.335 e. The second-order valence-corrected chi connectivity index (χ2v) is 5.85. The van der Waals surface area contributed by atoms with Gasteiger partial charge in [0.25, 0.3) is 0 Å². The predicted molar refractivity (Wildman–Crippen MR) is 74.7 cm³/mol. The first-order valence-electron chi connectivity index (χ1n) is 5.94. The summed E-state index contributed by atoms with van der Waals surface area (Å²) in [6.45, 7) is 1.68. The number of hydrogen-bond acceptors (Lipinski definition) is 2. The van der Waals surface area contributed by atoms with E-state index in [1.807, 2.05) is 0 Å². The molecule has 0 aliphatic rings. The Bertz CT molecular complexity index is 683. The first-order valence-corrected chi connectivity index (χ1v) is 7.26. The number of hydrogen-bond donors (Lipinski definition) is 1. The van der Waals surface area contributed by atoms with Crippen molar-refractivity contribution in [3.8, 4) is 0 Å². The largest absolute Gasteiger partial charge is 0.478 e. The van der Waals surface area contributed by atoms with Crippen LogP contribution in [0.5, 0.6) is 0 Å². The summed E-state index contributed by atoms with van der Waals surface area (Å²) in [5.74, 6) is -1.28. The molecule has 0 saturated carbocycles.